The lowest BCUT2D eigenvalue weighted by molar-refractivity contribution is -0.128. The number of anilines is 2. The van der Waals surface area contributed by atoms with Gasteiger partial charge in [0.15, 0.2) is 17.5 Å². The Labute approximate surface area is 310 Å². The molecule has 2 heterocycles. The Morgan fingerprint density at radius 1 is 0.963 bits per heavy atom. The van der Waals surface area contributed by atoms with Gasteiger partial charge in [0.05, 0.1) is 12.2 Å². The molecule has 3 aliphatic rings. The SMILES string of the molecule is CNC(=O)[C@@H](Cc1cc(F)c(F)c(F)c1)NC(=O)C[C@@H]1CC2(CCN(C(=O)Nc3ccc4c(c3)OCCN4C(=O)OC(C)(C)C)CC2)c2cc(F)ccc21. The van der Waals surface area contributed by atoms with Crippen molar-refractivity contribution in [2.75, 3.05) is 43.5 Å². The van der Waals surface area contributed by atoms with Crippen molar-refractivity contribution in [2.24, 2.45) is 0 Å². The highest BCUT2D eigenvalue weighted by Gasteiger charge is 2.47. The number of piperidine rings is 1. The van der Waals surface area contributed by atoms with Crippen LogP contribution in [0.2, 0.25) is 0 Å². The average Bonchev–Trinajstić information content (AvgIpc) is 3.39. The Kier molecular flexibility index (Phi) is 10.8. The van der Waals surface area contributed by atoms with E-state index in [9.17, 15) is 36.7 Å². The maximum atomic E-state index is 14.7. The van der Waals surface area contributed by atoms with Crippen LogP contribution in [0.25, 0.3) is 0 Å². The van der Waals surface area contributed by atoms with Crippen LogP contribution in [0.3, 0.4) is 0 Å². The average molecular weight is 754 g/mol. The second-order valence-electron chi connectivity index (χ2n) is 15.0. The minimum Gasteiger partial charge on any atom is -0.489 e. The van der Waals surface area contributed by atoms with Gasteiger partial charge in [0.1, 0.15) is 29.8 Å². The number of hydrogen-bond acceptors (Lipinski definition) is 6. The number of benzene rings is 3. The maximum absolute atomic E-state index is 14.7. The third-order valence-electron chi connectivity index (χ3n) is 10.2. The topological polar surface area (TPSA) is 129 Å². The van der Waals surface area contributed by atoms with Crippen LogP contribution >= 0.6 is 0 Å². The maximum Gasteiger partial charge on any atom is 0.415 e. The molecule has 0 aromatic heterocycles. The number of urea groups is 1. The largest absolute Gasteiger partial charge is 0.489 e. The molecular formula is C39H43F4N5O6. The van der Waals surface area contributed by atoms with Crippen molar-refractivity contribution in [3.05, 3.63) is 88.5 Å². The van der Waals surface area contributed by atoms with Crippen LogP contribution in [-0.2, 0) is 26.2 Å². The standard InChI is InChI=1S/C39H43F4N5O6/c1-38(2,3)54-37(52)48-13-14-53-32-20-25(6-8-31(32)48)45-36(51)47-11-9-39(10-12-47)21-23(26-7-5-24(40)19-27(26)39)18-33(49)46-30(35(50)44-4)17-22-15-28(41)34(43)29(42)16-22/h5-8,15-16,19-20,23,30H,9-14,17-18,21H2,1-4H3,(H,44,50)(H,45,51)(H,46,49)/t23-,30-/m1/s1. The molecule has 0 unspecified atom stereocenters. The van der Waals surface area contributed by atoms with Gasteiger partial charge in [-0.25, -0.2) is 27.2 Å². The normalized spacial score (nSPS) is 17.9. The molecule has 15 heteroatoms. The molecule has 1 aliphatic carbocycles. The number of rotatable bonds is 7. The zero-order valence-electron chi connectivity index (χ0n) is 30.5. The van der Waals surface area contributed by atoms with E-state index in [4.69, 9.17) is 9.47 Å². The Balaban J connectivity index is 1.10. The Morgan fingerprint density at radius 2 is 1.67 bits per heavy atom. The molecule has 1 fully saturated rings. The minimum atomic E-state index is -1.63. The molecule has 3 N–H and O–H groups in total. The van der Waals surface area contributed by atoms with Crippen LogP contribution in [0.4, 0.5) is 38.5 Å². The van der Waals surface area contributed by atoms with Gasteiger partial charge < -0.3 is 30.3 Å². The van der Waals surface area contributed by atoms with Gasteiger partial charge in [-0.2, -0.15) is 0 Å². The lowest BCUT2D eigenvalue weighted by Crippen LogP contribution is -2.47. The van der Waals surface area contributed by atoms with Gasteiger partial charge in [0.2, 0.25) is 11.8 Å². The van der Waals surface area contributed by atoms with Gasteiger partial charge in [-0.3, -0.25) is 14.5 Å². The van der Waals surface area contributed by atoms with E-state index in [0.29, 0.717) is 56.0 Å². The van der Waals surface area contributed by atoms with Crippen LogP contribution in [0.5, 0.6) is 5.75 Å². The van der Waals surface area contributed by atoms with Crippen molar-refractivity contribution in [1.29, 1.82) is 0 Å². The predicted molar refractivity (Wildman–Crippen MR) is 191 cm³/mol. The van der Waals surface area contributed by atoms with E-state index in [1.54, 1.807) is 49.9 Å². The Bertz CT molecular complexity index is 1940. The number of nitrogens with zero attached hydrogens (tertiary/aromatic N) is 2. The fourth-order valence-electron chi connectivity index (χ4n) is 7.66. The molecule has 11 nitrogen and oxygen atoms in total. The number of carbonyl (C=O) groups excluding carboxylic acids is 4. The zero-order chi connectivity index (χ0) is 38.9. The molecule has 2 aliphatic heterocycles. The number of amides is 5. The molecule has 0 saturated carbocycles. The van der Waals surface area contributed by atoms with E-state index in [-0.39, 0.29) is 37.0 Å². The second kappa shape index (κ2) is 15.2. The third kappa shape index (κ3) is 8.24. The first-order chi connectivity index (χ1) is 25.6. The fourth-order valence-corrected chi connectivity index (χ4v) is 7.66. The quantitative estimate of drug-likeness (QED) is 0.192. The van der Waals surface area contributed by atoms with Crippen molar-refractivity contribution >= 4 is 35.3 Å². The van der Waals surface area contributed by atoms with Gasteiger partial charge in [-0.05, 0) is 104 Å². The molecule has 2 atom stereocenters. The first-order valence-electron chi connectivity index (χ1n) is 17.8. The summed E-state index contributed by atoms with van der Waals surface area (Å²) in [6.07, 6.45) is 0.704. The molecule has 0 bridgehead atoms. The highest BCUT2D eigenvalue weighted by Crippen LogP contribution is 2.53. The molecular weight excluding hydrogens is 710 g/mol. The van der Waals surface area contributed by atoms with Crippen LogP contribution < -0.4 is 25.6 Å². The number of halogens is 4. The molecule has 3 aromatic rings. The van der Waals surface area contributed by atoms with Crippen molar-refractivity contribution in [1.82, 2.24) is 15.5 Å². The van der Waals surface area contributed by atoms with Gasteiger partial charge in [0, 0.05) is 44.7 Å². The number of carbonyl (C=O) groups is 4. The summed E-state index contributed by atoms with van der Waals surface area (Å²) in [6.45, 7) is 6.66. The highest BCUT2D eigenvalue weighted by molar-refractivity contribution is 5.93. The van der Waals surface area contributed by atoms with E-state index < -0.39 is 58.2 Å². The van der Waals surface area contributed by atoms with E-state index in [2.05, 4.69) is 16.0 Å². The molecule has 54 heavy (non-hydrogen) atoms. The van der Waals surface area contributed by atoms with Crippen LogP contribution in [0.1, 0.15) is 69.1 Å². The highest BCUT2D eigenvalue weighted by atomic mass is 19.2. The van der Waals surface area contributed by atoms with Crippen molar-refractivity contribution in [3.63, 3.8) is 0 Å². The number of likely N-dealkylation sites (tertiary alicyclic amines) is 1. The molecule has 0 radical (unpaired) electrons. The first kappa shape index (κ1) is 38.4. The van der Waals surface area contributed by atoms with Gasteiger partial charge in [-0.15, -0.1) is 0 Å². The smallest absolute Gasteiger partial charge is 0.415 e. The van der Waals surface area contributed by atoms with Crippen molar-refractivity contribution in [3.8, 4) is 5.75 Å². The Morgan fingerprint density at radius 3 is 2.33 bits per heavy atom. The van der Waals surface area contributed by atoms with Crippen molar-refractivity contribution < 1.29 is 46.2 Å². The lowest BCUT2D eigenvalue weighted by Gasteiger charge is -2.40. The molecule has 3 aromatic carbocycles. The molecule has 5 amide bonds. The molecule has 1 spiro atoms. The summed E-state index contributed by atoms with van der Waals surface area (Å²) in [5.74, 6) is -5.86. The lowest BCUT2D eigenvalue weighted by atomic mass is 9.73. The predicted octanol–water partition coefficient (Wildman–Crippen LogP) is 6.29. The van der Waals surface area contributed by atoms with Gasteiger partial charge in [-0.1, -0.05) is 6.07 Å². The number of ether oxygens (including phenoxy) is 2. The number of nitrogens with one attached hydrogen (secondary N) is 3. The second-order valence-corrected chi connectivity index (χ2v) is 15.0. The minimum absolute atomic E-state index is 0.0125. The molecule has 1 saturated heterocycles. The van der Waals surface area contributed by atoms with E-state index in [1.807, 2.05) is 0 Å². The third-order valence-corrected chi connectivity index (χ3v) is 10.2. The summed E-state index contributed by atoms with van der Waals surface area (Å²) < 4.78 is 67.2. The molecule has 6 rings (SSSR count). The fraction of sp³-hybridized carbons (Fsp3) is 0.436. The van der Waals surface area contributed by atoms with Crippen molar-refractivity contribution in [2.45, 2.75) is 75.9 Å². The van der Waals surface area contributed by atoms with E-state index >= 15 is 0 Å². The van der Waals surface area contributed by atoms with Crippen LogP contribution in [0, 0.1) is 23.3 Å². The monoisotopic (exact) mass is 753 g/mol. The number of fused-ring (bicyclic) bond motifs is 3. The summed E-state index contributed by atoms with van der Waals surface area (Å²) in [4.78, 5) is 55.4. The first-order valence-corrected chi connectivity index (χ1v) is 17.8. The molecule has 288 valence electrons. The number of likely N-dealkylation sites (N-methyl/N-ethyl adjacent to an activating group) is 1. The van der Waals surface area contributed by atoms with Crippen LogP contribution in [-0.4, -0.2) is 73.8 Å². The van der Waals surface area contributed by atoms with Gasteiger partial charge >= 0.3 is 12.1 Å². The summed E-state index contributed by atoms with van der Waals surface area (Å²) in [5, 5.41) is 7.99. The summed E-state index contributed by atoms with van der Waals surface area (Å²) in [5.41, 5.74) is 1.41. The van der Waals surface area contributed by atoms with Crippen LogP contribution in [0.15, 0.2) is 48.5 Å². The van der Waals surface area contributed by atoms with E-state index in [0.717, 1.165) is 23.3 Å². The zero-order valence-corrected chi connectivity index (χ0v) is 30.5. The number of hydrogen-bond donors (Lipinski definition) is 3. The summed E-state index contributed by atoms with van der Waals surface area (Å²) in [6, 6.07) is 9.56. The van der Waals surface area contributed by atoms with Gasteiger partial charge in [0.25, 0.3) is 0 Å². The van der Waals surface area contributed by atoms with E-state index in [1.165, 1.54) is 24.1 Å². The summed E-state index contributed by atoms with van der Waals surface area (Å²) in [7, 11) is 1.36. The summed E-state index contributed by atoms with van der Waals surface area (Å²) >= 11 is 0. The Hall–Kier alpha value is -5.34.